The van der Waals surface area contributed by atoms with Crippen molar-refractivity contribution >= 4 is 34.4 Å². The van der Waals surface area contributed by atoms with E-state index in [0.717, 1.165) is 33.2 Å². The summed E-state index contributed by atoms with van der Waals surface area (Å²) in [5.41, 5.74) is 3.64. The van der Waals surface area contributed by atoms with Crippen LogP contribution in [0.15, 0.2) is 47.6 Å². The Balaban J connectivity index is 1.69. The first kappa shape index (κ1) is 17.4. The van der Waals surface area contributed by atoms with Crippen molar-refractivity contribution in [1.82, 2.24) is 9.97 Å². The number of H-pyrrole nitrogens is 1. The summed E-state index contributed by atoms with van der Waals surface area (Å²) in [7, 11) is 0. The molecule has 25 heavy (non-hydrogen) atoms. The van der Waals surface area contributed by atoms with Gasteiger partial charge in [0.1, 0.15) is 5.75 Å². The Morgan fingerprint density at radius 1 is 1.32 bits per heavy atom. The number of aryl methyl sites for hydroxylation is 1. The zero-order valence-corrected chi connectivity index (χ0v) is 15.3. The van der Waals surface area contributed by atoms with Gasteiger partial charge in [-0.05, 0) is 44.5 Å². The van der Waals surface area contributed by atoms with E-state index in [1.54, 1.807) is 0 Å². The summed E-state index contributed by atoms with van der Waals surface area (Å²) < 4.78 is 5.50. The number of nitrogens with zero attached hydrogens (tertiary/aromatic N) is 1. The highest BCUT2D eigenvalue weighted by Crippen LogP contribution is 2.26. The summed E-state index contributed by atoms with van der Waals surface area (Å²) in [4.78, 5) is 20.2. The highest BCUT2D eigenvalue weighted by molar-refractivity contribution is 8.00. The minimum atomic E-state index is -0.272. The molecule has 0 spiro atoms. The molecule has 0 bridgehead atoms. The van der Waals surface area contributed by atoms with Gasteiger partial charge in [0.2, 0.25) is 5.91 Å². The molecule has 0 saturated heterocycles. The Kier molecular flexibility index (Phi) is 5.28. The Morgan fingerprint density at radius 2 is 2.12 bits per heavy atom. The van der Waals surface area contributed by atoms with Crippen molar-refractivity contribution in [3.05, 3.63) is 48.0 Å². The molecule has 130 valence electrons. The molecule has 5 nitrogen and oxygen atoms in total. The number of para-hydroxylation sites is 1. The molecular weight excluding hydrogens is 334 g/mol. The van der Waals surface area contributed by atoms with Gasteiger partial charge in [0.25, 0.3) is 0 Å². The van der Waals surface area contributed by atoms with E-state index in [0.29, 0.717) is 6.61 Å². The van der Waals surface area contributed by atoms with E-state index in [4.69, 9.17) is 4.74 Å². The van der Waals surface area contributed by atoms with Crippen LogP contribution in [-0.2, 0) is 4.79 Å². The number of thioether (sulfide) groups is 1. The molecule has 3 rings (SSSR count). The van der Waals surface area contributed by atoms with Crippen LogP contribution in [0.5, 0.6) is 5.75 Å². The number of rotatable bonds is 6. The van der Waals surface area contributed by atoms with Crippen LogP contribution in [0.2, 0.25) is 0 Å². The van der Waals surface area contributed by atoms with Crippen LogP contribution in [0.25, 0.3) is 11.0 Å². The normalized spacial score (nSPS) is 12.1. The summed E-state index contributed by atoms with van der Waals surface area (Å²) in [5, 5.41) is 3.42. The molecule has 1 heterocycles. The van der Waals surface area contributed by atoms with Crippen molar-refractivity contribution < 1.29 is 9.53 Å². The summed E-state index contributed by atoms with van der Waals surface area (Å²) in [6.07, 6.45) is 0. The Labute approximate surface area is 151 Å². The average Bonchev–Trinajstić information content (AvgIpc) is 2.98. The van der Waals surface area contributed by atoms with Gasteiger partial charge in [-0.25, -0.2) is 4.98 Å². The number of anilines is 1. The molecule has 1 unspecified atom stereocenters. The molecule has 1 amide bonds. The van der Waals surface area contributed by atoms with E-state index in [1.165, 1.54) is 11.8 Å². The largest absolute Gasteiger partial charge is 0.494 e. The fourth-order valence-electron chi connectivity index (χ4n) is 2.45. The maximum Gasteiger partial charge on any atom is 0.237 e. The third-order valence-electron chi connectivity index (χ3n) is 3.80. The quantitative estimate of drug-likeness (QED) is 0.644. The average molecular weight is 355 g/mol. The topological polar surface area (TPSA) is 67.0 Å². The van der Waals surface area contributed by atoms with Crippen molar-refractivity contribution in [3.8, 4) is 5.75 Å². The summed E-state index contributed by atoms with van der Waals surface area (Å²) in [6.45, 7) is 6.42. The Hall–Kier alpha value is -2.47. The molecule has 2 aromatic carbocycles. The number of hydrogen-bond donors (Lipinski definition) is 2. The number of hydrogen-bond acceptors (Lipinski definition) is 4. The lowest BCUT2D eigenvalue weighted by Gasteiger charge is -2.12. The van der Waals surface area contributed by atoms with Crippen LogP contribution in [0.4, 0.5) is 5.69 Å². The van der Waals surface area contributed by atoms with Gasteiger partial charge in [0.05, 0.1) is 22.9 Å². The van der Waals surface area contributed by atoms with Gasteiger partial charge in [-0.15, -0.1) is 0 Å². The molecule has 0 radical (unpaired) electrons. The highest BCUT2D eigenvalue weighted by Gasteiger charge is 2.17. The second kappa shape index (κ2) is 7.61. The lowest BCUT2D eigenvalue weighted by molar-refractivity contribution is -0.115. The lowest BCUT2D eigenvalue weighted by atomic mass is 10.2. The van der Waals surface area contributed by atoms with E-state index >= 15 is 0 Å². The molecule has 0 aliphatic rings. The molecule has 0 fully saturated rings. The predicted molar refractivity (Wildman–Crippen MR) is 102 cm³/mol. The fourth-order valence-corrected chi connectivity index (χ4v) is 3.27. The molecule has 1 aromatic heterocycles. The molecule has 0 saturated carbocycles. The van der Waals surface area contributed by atoms with Crippen LogP contribution in [0.3, 0.4) is 0 Å². The van der Waals surface area contributed by atoms with Crippen molar-refractivity contribution in [2.75, 3.05) is 11.9 Å². The monoisotopic (exact) mass is 355 g/mol. The van der Waals surface area contributed by atoms with Crippen LogP contribution in [-0.4, -0.2) is 27.7 Å². The molecule has 0 aliphatic heterocycles. The standard InChI is InChI=1S/C19H21N3O2S/c1-4-24-14-9-10-16-17(11-14)22-19(21-16)25-13(3)18(23)20-15-8-6-5-7-12(15)2/h5-11,13H,4H2,1-3H3,(H,20,23)(H,21,22). The van der Waals surface area contributed by atoms with E-state index in [9.17, 15) is 4.79 Å². The zero-order valence-electron chi connectivity index (χ0n) is 14.5. The molecular formula is C19H21N3O2S. The third-order valence-corrected chi connectivity index (χ3v) is 4.79. The van der Waals surface area contributed by atoms with Gasteiger partial charge in [-0.2, -0.15) is 0 Å². The lowest BCUT2D eigenvalue weighted by Crippen LogP contribution is -2.22. The van der Waals surface area contributed by atoms with E-state index in [1.807, 2.05) is 63.2 Å². The van der Waals surface area contributed by atoms with Gasteiger partial charge in [0, 0.05) is 11.8 Å². The molecule has 1 atom stereocenters. The van der Waals surface area contributed by atoms with Crippen LogP contribution in [0.1, 0.15) is 19.4 Å². The van der Waals surface area contributed by atoms with Crippen molar-refractivity contribution in [1.29, 1.82) is 0 Å². The zero-order chi connectivity index (χ0) is 17.8. The smallest absolute Gasteiger partial charge is 0.237 e. The number of fused-ring (bicyclic) bond motifs is 1. The molecule has 6 heteroatoms. The van der Waals surface area contributed by atoms with Gasteiger partial charge in [0.15, 0.2) is 5.16 Å². The maximum absolute atomic E-state index is 12.4. The second-order valence-electron chi connectivity index (χ2n) is 5.72. The molecule has 0 aliphatic carbocycles. The number of aromatic nitrogens is 2. The van der Waals surface area contributed by atoms with Gasteiger partial charge in [-0.1, -0.05) is 30.0 Å². The molecule has 2 N–H and O–H groups in total. The summed E-state index contributed by atoms with van der Waals surface area (Å²) in [6, 6.07) is 13.5. The second-order valence-corrected chi connectivity index (χ2v) is 7.05. The SMILES string of the molecule is CCOc1ccc2nc(SC(C)C(=O)Nc3ccccc3C)[nH]c2c1. The number of ether oxygens (including phenoxy) is 1. The number of aromatic amines is 1. The van der Waals surface area contributed by atoms with Crippen molar-refractivity contribution in [2.24, 2.45) is 0 Å². The Bertz CT molecular complexity index is 891. The van der Waals surface area contributed by atoms with E-state index in [-0.39, 0.29) is 11.2 Å². The van der Waals surface area contributed by atoms with Crippen LogP contribution in [0, 0.1) is 6.92 Å². The van der Waals surface area contributed by atoms with E-state index in [2.05, 4.69) is 15.3 Å². The molecule has 3 aromatic rings. The van der Waals surface area contributed by atoms with Gasteiger partial charge >= 0.3 is 0 Å². The minimum Gasteiger partial charge on any atom is -0.494 e. The number of benzene rings is 2. The number of carbonyl (C=O) groups is 1. The highest BCUT2D eigenvalue weighted by atomic mass is 32.2. The number of nitrogens with one attached hydrogen (secondary N) is 2. The first-order valence-electron chi connectivity index (χ1n) is 8.22. The summed E-state index contributed by atoms with van der Waals surface area (Å²) >= 11 is 1.40. The van der Waals surface area contributed by atoms with E-state index < -0.39 is 0 Å². The first-order chi connectivity index (χ1) is 12.1. The number of carbonyl (C=O) groups excluding carboxylic acids is 1. The minimum absolute atomic E-state index is 0.0465. The third kappa shape index (κ3) is 4.14. The summed E-state index contributed by atoms with van der Waals surface area (Å²) in [5.74, 6) is 0.760. The predicted octanol–water partition coefficient (Wildman–Crippen LogP) is 4.39. The van der Waals surface area contributed by atoms with Gasteiger partial charge < -0.3 is 15.0 Å². The van der Waals surface area contributed by atoms with Crippen molar-refractivity contribution in [2.45, 2.75) is 31.2 Å². The van der Waals surface area contributed by atoms with Crippen LogP contribution >= 0.6 is 11.8 Å². The maximum atomic E-state index is 12.4. The Morgan fingerprint density at radius 3 is 2.88 bits per heavy atom. The number of amides is 1. The van der Waals surface area contributed by atoms with Crippen molar-refractivity contribution in [3.63, 3.8) is 0 Å². The van der Waals surface area contributed by atoms with Gasteiger partial charge in [-0.3, -0.25) is 4.79 Å². The fraction of sp³-hybridized carbons (Fsp3) is 0.263. The first-order valence-corrected chi connectivity index (χ1v) is 9.10. The van der Waals surface area contributed by atoms with Crippen LogP contribution < -0.4 is 10.1 Å². The number of imidazole rings is 1.